The Kier molecular flexibility index (Phi) is 4.75. The van der Waals surface area contributed by atoms with Gasteiger partial charge in [0.2, 0.25) is 0 Å². The van der Waals surface area contributed by atoms with E-state index in [-0.39, 0.29) is 18.6 Å². The Hall–Kier alpha value is -1.29. The molecular formula is C13H22N2O2. The maximum Gasteiger partial charge on any atom is 0.270 e. The summed E-state index contributed by atoms with van der Waals surface area (Å²) in [5, 5.41) is 8.86. The van der Waals surface area contributed by atoms with Gasteiger partial charge in [-0.05, 0) is 39.3 Å². The summed E-state index contributed by atoms with van der Waals surface area (Å²) in [7, 11) is 1.90. The second-order valence-electron chi connectivity index (χ2n) is 4.59. The van der Waals surface area contributed by atoms with E-state index in [4.69, 9.17) is 5.11 Å². The average molecular weight is 238 g/mol. The Balaban J connectivity index is 2.88. The van der Waals surface area contributed by atoms with Crippen LogP contribution in [0.25, 0.3) is 0 Å². The second-order valence-corrected chi connectivity index (χ2v) is 4.59. The topological polar surface area (TPSA) is 45.5 Å². The second kappa shape index (κ2) is 5.87. The number of aliphatic hydroxyl groups excluding tert-OH is 1. The van der Waals surface area contributed by atoms with E-state index < -0.39 is 0 Å². The number of hydrogen-bond donors (Lipinski definition) is 1. The van der Waals surface area contributed by atoms with Crippen LogP contribution in [0.5, 0.6) is 0 Å². The first kappa shape index (κ1) is 13.8. The largest absolute Gasteiger partial charge is 0.396 e. The standard InChI is InChI=1S/C13H22N2O2/c1-10(2)15(8-5-9-16)13(17)12-7-6-11(3)14(12)4/h6-7,10,16H,5,8-9H2,1-4H3. The van der Waals surface area contributed by atoms with Gasteiger partial charge in [0, 0.05) is 31.9 Å². The van der Waals surface area contributed by atoms with Crippen molar-refractivity contribution < 1.29 is 9.90 Å². The summed E-state index contributed by atoms with van der Waals surface area (Å²) < 4.78 is 1.90. The lowest BCUT2D eigenvalue weighted by atomic mass is 10.2. The van der Waals surface area contributed by atoms with E-state index >= 15 is 0 Å². The van der Waals surface area contributed by atoms with Crippen LogP contribution in [-0.2, 0) is 7.05 Å². The number of aromatic nitrogens is 1. The lowest BCUT2D eigenvalue weighted by Gasteiger charge is -2.26. The smallest absolute Gasteiger partial charge is 0.270 e. The summed E-state index contributed by atoms with van der Waals surface area (Å²) in [5.41, 5.74) is 1.77. The number of nitrogens with zero attached hydrogens (tertiary/aromatic N) is 2. The number of amides is 1. The minimum atomic E-state index is 0.0315. The van der Waals surface area contributed by atoms with Crippen LogP contribution in [0.3, 0.4) is 0 Å². The molecule has 1 heterocycles. The van der Waals surface area contributed by atoms with Crippen LogP contribution < -0.4 is 0 Å². The molecule has 0 aliphatic carbocycles. The molecule has 0 spiro atoms. The van der Waals surface area contributed by atoms with Crippen molar-refractivity contribution in [1.29, 1.82) is 0 Å². The van der Waals surface area contributed by atoms with Crippen LogP contribution in [0.15, 0.2) is 12.1 Å². The SMILES string of the molecule is Cc1ccc(C(=O)N(CCCO)C(C)C)n1C. The number of rotatable bonds is 5. The first-order valence-electron chi connectivity index (χ1n) is 6.03. The average Bonchev–Trinajstić information content (AvgIpc) is 2.59. The first-order valence-corrected chi connectivity index (χ1v) is 6.03. The highest BCUT2D eigenvalue weighted by Crippen LogP contribution is 2.12. The molecule has 4 nitrogen and oxygen atoms in total. The van der Waals surface area contributed by atoms with Gasteiger partial charge in [-0.15, -0.1) is 0 Å². The number of hydrogen-bond acceptors (Lipinski definition) is 2. The Morgan fingerprint density at radius 1 is 1.47 bits per heavy atom. The van der Waals surface area contributed by atoms with E-state index in [1.54, 1.807) is 4.90 Å². The normalized spacial score (nSPS) is 10.9. The molecule has 0 radical (unpaired) electrons. The fourth-order valence-electron chi connectivity index (χ4n) is 1.81. The van der Waals surface area contributed by atoms with Gasteiger partial charge in [0.05, 0.1) is 0 Å². The van der Waals surface area contributed by atoms with Gasteiger partial charge in [-0.2, -0.15) is 0 Å². The molecule has 1 rings (SSSR count). The van der Waals surface area contributed by atoms with Crippen LogP contribution in [-0.4, -0.2) is 39.7 Å². The number of carbonyl (C=O) groups is 1. The van der Waals surface area contributed by atoms with Crippen molar-refractivity contribution in [1.82, 2.24) is 9.47 Å². The molecule has 96 valence electrons. The molecule has 0 aliphatic rings. The lowest BCUT2D eigenvalue weighted by Crippen LogP contribution is -2.38. The highest BCUT2D eigenvalue weighted by molar-refractivity contribution is 5.93. The van der Waals surface area contributed by atoms with E-state index in [9.17, 15) is 4.79 Å². The fraction of sp³-hybridized carbons (Fsp3) is 0.615. The van der Waals surface area contributed by atoms with Crippen molar-refractivity contribution in [3.05, 3.63) is 23.5 Å². The van der Waals surface area contributed by atoms with E-state index in [2.05, 4.69) is 0 Å². The van der Waals surface area contributed by atoms with Crippen molar-refractivity contribution in [2.75, 3.05) is 13.2 Å². The van der Waals surface area contributed by atoms with Gasteiger partial charge in [-0.3, -0.25) is 4.79 Å². The van der Waals surface area contributed by atoms with Crippen LogP contribution >= 0.6 is 0 Å². The summed E-state index contributed by atoms with van der Waals surface area (Å²) in [5.74, 6) is 0.0315. The molecule has 1 aromatic heterocycles. The van der Waals surface area contributed by atoms with Crippen LogP contribution in [0.1, 0.15) is 36.5 Å². The highest BCUT2D eigenvalue weighted by Gasteiger charge is 2.20. The van der Waals surface area contributed by atoms with Gasteiger partial charge in [0.15, 0.2) is 0 Å². The molecule has 1 aromatic rings. The lowest BCUT2D eigenvalue weighted by molar-refractivity contribution is 0.0683. The Morgan fingerprint density at radius 3 is 2.53 bits per heavy atom. The molecule has 0 aromatic carbocycles. The molecule has 1 N–H and O–H groups in total. The highest BCUT2D eigenvalue weighted by atomic mass is 16.3. The fourth-order valence-corrected chi connectivity index (χ4v) is 1.81. The molecule has 4 heteroatoms. The van der Waals surface area contributed by atoms with Crippen LogP contribution in [0.4, 0.5) is 0 Å². The van der Waals surface area contributed by atoms with E-state index in [1.807, 2.05) is 44.5 Å². The molecule has 0 bridgehead atoms. The Bertz CT molecular complexity index is 383. The minimum Gasteiger partial charge on any atom is -0.396 e. The summed E-state index contributed by atoms with van der Waals surface area (Å²) in [6.07, 6.45) is 0.618. The van der Waals surface area contributed by atoms with E-state index in [0.29, 0.717) is 18.7 Å². The third kappa shape index (κ3) is 3.09. The molecular weight excluding hydrogens is 216 g/mol. The van der Waals surface area contributed by atoms with Gasteiger partial charge < -0.3 is 14.6 Å². The van der Waals surface area contributed by atoms with Gasteiger partial charge in [-0.25, -0.2) is 0 Å². The van der Waals surface area contributed by atoms with Gasteiger partial charge in [0.25, 0.3) is 5.91 Å². The zero-order chi connectivity index (χ0) is 13.0. The van der Waals surface area contributed by atoms with Gasteiger partial charge in [-0.1, -0.05) is 0 Å². The van der Waals surface area contributed by atoms with Crippen molar-refractivity contribution in [3.8, 4) is 0 Å². The third-order valence-electron chi connectivity index (χ3n) is 3.03. The zero-order valence-electron chi connectivity index (χ0n) is 11.1. The molecule has 0 fully saturated rings. The van der Waals surface area contributed by atoms with E-state index in [1.165, 1.54) is 0 Å². The zero-order valence-corrected chi connectivity index (χ0v) is 11.1. The third-order valence-corrected chi connectivity index (χ3v) is 3.03. The molecule has 0 saturated heterocycles. The molecule has 0 saturated carbocycles. The maximum absolute atomic E-state index is 12.3. The predicted molar refractivity (Wildman–Crippen MR) is 68.0 cm³/mol. The monoisotopic (exact) mass is 238 g/mol. The Morgan fingerprint density at radius 2 is 2.12 bits per heavy atom. The van der Waals surface area contributed by atoms with Crippen LogP contribution in [0, 0.1) is 6.92 Å². The maximum atomic E-state index is 12.3. The number of aryl methyl sites for hydroxylation is 1. The first-order chi connectivity index (χ1) is 7.99. The summed E-state index contributed by atoms with van der Waals surface area (Å²) >= 11 is 0. The Labute approximate surface area is 103 Å². The van der Waals surface area contributed by atoms with Crippen molar-refractivity contribution >= 4 is 5.91 Å². The minimum absolute atomic E-state index is 0.0315. The van der Waals surface area contributed by atoms with Crippen molar-refractivity contribution in [2.45, 2.75) is 33.2 Å². The van der Waals surface area contributed by atoms with Gasteiger partial charge >= 0.3 is 0 Å². The quantitative estimate of drug-likeness (QED) is 0.846. The van der Waals surface area contributed by atoms with Crippen LogP contribution in [0.2, 0.25) is 0 Å². The summed E-state index contributed by atoms with van der Waals surface area (Å²) in [4.78, 5) is 14.1. The molecule has 17 heavy (non-hydrogen) atoms. The van der Waals surface area contributed by atoms with Crippen molar-refractivity contribution in [3.63, 3.8) is 0 Å². The summed E-state index contributed by atoms with van der Waals surface area (Å²) in [6, 6.07) is 3.94. The van der Waals surface area contributed by atoms with E-state index in [0.717, 1.165) is 5.69 Å². The van der Waals surface area contributed by atoms with Crippen molar-refractivity contribution in [2.24, 2.45) is 7.05 Å². The molecule has 0 atom stereocenters. The molecule has 0 unspecified atom stereocenters. The molecule has 1 amide bonds. The summed E-state index contributed by atoms with van der Waals surface area (Å²) in [6.45, 7) is 6.67. The number of carbonyl (C=O) groups excluding carboxylic acids is 1. The predicted octanol–water partition coefficient (Wildman–Crippen LogP) is 1.57. The number of aliphatic hydroxyl groups is 1. The molecule has 0 aliphatic heterocycles. The van der Waals surface area contributed by atoms with Gasteiger partial charge in [0.1, 0.15) is 5.69 Å².